The highest BCUT2D eigenvalue weighted by atomic mass is 16.5. The van der Waals surface area contributed by atoms with Crippen molar-refractivity contribution in [2.75, 3.05) is 20.2 Å². The summed E-state index contributed by atoms with van der Waals surface area (Å²) in [5, 5.41) is 6.87. The zero-order valence-electron chi connectivity index (χ0n) is 15.9. The molecule has 2 aliphatic rings. The number of methoxy groups -OCH3 is 1. The minimum Gasteiger partial charge on any atom is -0.497 e. The lowest BCUT2D eigenvalue weighted by Gasteiger charge is -2.35. The van der Waals surface area contributed by atoms with Crippen molar-refractivity contribution in [2.24, 2.45) is 0 Å². The molecule has 1 fully saturated rings. The monoisotopic (exact) mass is 364 g/mol. The second-order valence-corrected chi connectivity index (χ2v) is 7.63. The summed E-state index contributed by atoms with van der Waals surface area (Å²) in [6.07, 6.45) is 3.98. The summed E-state index contributed by atoms with van der Waals surface area (Å²) in [7, 11) is 1.68. The number of aryl methyl sites for hydroxylation is 1. The lowest BCUT2D eigenvalue weighted by atomic mass is 9.81. The standard InChI is InChI=1S/C23H28N2O2/c1-27-18-11-10-17-8-5-9-19(20(17)14-18)23(26)25-22-12-13-24-15-21(22)16-6-3-2-4-7-16/h2-4,6-7,10-11,14,19,21-22,24H,5,8-9,12-13,15H2,1H3,(H,25,26). The van der Waals surface area contributed by atoms with Crippen molar-refractivity contribution in [3.63, 3.8) is 0 Å². The van der Waals surface area contributed by atoms with Crippen LogP contribution in [-0.4, -0.2) is 32.1 Å². The van der Waals surface area contributed by atoms with Crippen molar-refractivity contribution in [3.8, 4) is 5.75 Å². The number of nitrogens with one attached hydrogen (secondary N) is 2. The van der Waals surface area contributed by atoms with E-state index in [0.717, 1.165) is 50.1 Å². The highest BCUT2D eigenvalue weighted by Gasteiger charge is 2.32. The van der Waals surface area contributed by atoms with Crippen molar-refractivity contribution in [1.29, 1.82) is 0 Å². The second-order valence-electron chi connectivity index (χ2n) is 7.63. The van der Waals surface area contributed by atoms with Crippen LogP contribution in [0.1, 0.15) is 47.8 Å². The summed E-state index contributed by atoms with van der Waals surface area (Å²) in [6.45, 7) is 1.85. The molecule has 0 spiro atoms. The molecule has 2 N–H and O–H groups in total. The first-order valence-corrected chi connectivity index (χ1v) is 9.99. The van der Waals surface area contributed by atoms with Crippen LogP contribution in [0.25, 0.3) is 0 Å². The van der Waals surface area contributed by atoms with Crippen LogP contribution in [0.15, 0.2) is 48.5 Å². The van der Waals surface area contributed by atoms with E-state index >= 15 is 0 Å². The number of benzene rings is 2. The van der Waals surface area contributed by atoms with E-state index in [0.29, 0.717) is 5.92 Å². The first-order chi connectivity index (χ1) is 13.3. The SMILES string of the molecule is COc1ccc2c(c1)C(C(=O)NC1CCNCC1c1ccccc1)CCC2. The topological polar surface area (TPSA) is 50.4 Å². The normalized spacial score (nSPS) is 24.7. The van der Waals surface area contributed by atoms with Gasteiger partial charge in [-0.1, -0.05) is 36.4 Å². The Kier molecular flexibility index (Phi) is 5.44. The van der Waals surface area contributed by atoms with Gasteiger partial charge in [-0.05, 0) is 61.1 Å². The highest BCUT2D eigenvalue weighted by molar-refractivity contribution is 5.85. The third-order valence-corrected chi connectivity index (χ3v) is 6.02. The van der Waals surface area contributed by atoms with Gasteiger partial charge in [-0.25, -0.2) is 0 Å². The number of fused-ring (bicyclic) bond motifs is 1. The molecule has 27 heavy (non-hydrogen) atoms. The Bertz CT molecular complexity index is 790. The van der Waals surface area contributed by atoms with Gasteiger partial charge in [-0.15, -0.1) is 0 Å². The van der Waals surface area contributed by atoms with E-state index in [2.05, 4.69) is 47.0 Å². The summed E-state index contributed by atoms with van der Waals surface area (Å²) in [5.41, 5.74) is 3.72. The summed E-state index contributed by atoms with van der Waals surface area (Å²) >= 11 is 0. The first-order valence-electron chi connectivity index (χ1n) is 9.99. The van der Waals surface area contributed by atoms with Crippen LogP contribution < -0.4 is 15.4 Å². The average Bonchev–Trinajstić information content (AvgIpc) is 2.74. The van der Waals surface area contributed by atoms with Crippen molar-refractivity contribution in [3.05, 3.63) is 65.2 Å². The Hall–Kier alpha value is -2.33. The van der Waals surface area contributed by atoms with Crippen LogP contribution in [-0.2, 0) is 11.2 Å². The van der Waals surface area contributed by atoms with Crippen LogP contribution in [0.5, 0.6) is 5.75 Å². The predicted octanol–water partition coefficient (Wildman–Crippen LogP) is 3.38. The van der Waals surface area contributed by atoms with Crippen molar-refractivity contribution in [1.82, 2.24) is 10.6 Å². The third kappa shape index (κ3) is 3.86. The molecule has 4 nitrogen and oxygen atoms in total. The molecule has 142 valence electrons. The molecule has 1 aliphatic carbocycles. The number of amides is 1. The third-order valence-electron chi connectivity index (χ3n) is 6.02. The Morgan fingerprint density at radius 3 is 2.81 bits per heavy atom. The molecule has 0 saturated carbocycles. The summed E-state index contributed by atoms with van der Waals surface area (Å²) in [6, 6.07) is 16.9. The number of rotatable bonds is 4. The predicted molar refractivity (Wildman–Crippen MR) is 107 cm³/mol. The van der Waals surface area contributed by atoms with Gasteiger partial charge in [0.1, 0.15) is 5.75 Å². The van der Waals surface area contributed by atoms with Gasteiger partial charge in [-0.3, -0.25) is 4.79 Å². The van der Waals surface area contributed by atoms with Crippen LogP contribution in [0.3, 0.4) is 0 Å². The lowest BCUT2D eigenvalue weighted by molar-refractivity contribution is -0.123. The minimum absolute atomic E-state index is 0.0739. The number of carbonyl (C=O) groups excluding carboxylic acids is 1. The molecule has 3 atom stereocenters. The molecule has 1 aliphatic heterocycles. The second kappa shape index (κ2) is 8.13. The molecule has 1 amide bonds. The quantitative estimate of drug-likeness (QED) is 0.874. The number of hydrogen-bond acceptors (Lipinski definition) is 3. The van der Waals surface area contributed by atoms with E-state index in [9.17, 15) is 4.79 Å². The molecule has 2 aromatic rings. The fourth-order valence-electron chi connectivity index (χ4n) is 4.54. The van der Waals surface area contributed by atoms with Gasteiger partial charge >= 0.3 is 0 Å². The van der Waals surface area contributed by atoms with E-state index in [1.807, 2.05) is 12.1 Å². The average molecular weight is 364 g/mol. The van der Waals surface area contributed by atoms with Crippen LogP contribution >= 0.6 is 0 Å². The number of hydrogen-bond donors (Lipinski definition) is 2. The molecule has 0 radical (unpaired) electrons. The van der Waals surface area contributed by atoms with Gasteiger partial charge in [-0.2, -0.15) is 0 Å². The van der Waals surface area contributed by atoms with Gasteiger partial charge in [0, 0.05) is 18.5 Å². The summed E-state index contributed by atoms with van der Waals surface area (Å²) < 4.78 is 5.39. The smallest absolute Gasteiger partial charge is 0.227 e. The van der Waals surface area contributed by atoms with Crippen molar-refractivity contribution in [2.45, 2.75) is 43.6 Å². The van der Waals surface area contributed by atoms with Crippen molar-refractivity contribution < 1.29 is 9.53 Å². The fraction of sp³-hybridized carbons (Fsp3) is 0.435. The van der Waals surface area contributed by atoms with Crippen LogP contribution in [0.2, 0.25) is 0 Å². The number of piperidine rings is 1. The Morgan fingerprint density at radius 1 is 1.15 bits per heavy atom. The summed E-state index contributed by atoms with van der Waals surface area (Å²) in [4.78, 5) is 13.2. The van der Waals surface area contributed by atoms with Gasteiger partial charge < -0.3 is 15.4 Å². The Labute approximate surface area is 161 Å². The number of ether oxygens (including phenoxy) is 1. The molecule has 2 aromatic carbocycles. The van der Waals surface area contributed by atoms with Gasteiger partial charge in [0.05, 0.1) is 13.0 Å². The molecule has 3 unspecified atom stereocenters. The molecular formula is C23H28N2O2. The minimum atomic E-state index is -0.0739. The van der Waals surface area contributed by atoms with E-state index in [1.54, 1.807) is 7.11 Å². The van der Waals surface area contributed by atoms with E-state index in [4.69, 9.17) is 4.74 Å². The molecule has 4 heteroatoms. The largest absolute Gasteiger partial charge is 0.497 e. The summed E-state index contributed by atoms with van der Waals surface area (Å²) in [5.74, 6) is 1.24. The van der Waals surface area contributed by atoms with E-state index in [1.165, 1.54) is 11.1 Å². The maximum absolute atomic E-state index is 13.2. The maximum Gasteiger partial charge on any atom is 0.227 e. The zero-order chi connectivity index (χ0) is 18.6. The first kappa shape index (κ1) is 18.1. The van der Waals surface area contributed by atoms with Crippen molar-refractivity contribution >= 4 is 5.91 Å². The Morgan fingerprint density at radius 2 is 2.00 bits per heavy atom. The number of carbonyl (C=O) groups is 1. The van der Waals surface area contributed by atoms with Gasteiger partial charge in [0.2, 0.25) is 5.91 Å². The lowest BCUT2D eigenvalue weighted by Crippen LogP contribution is -2.49. The molecule has 1 heterocycles. The van der Waals surface area contributed by atoms with Crippen LogP contribution in [0, 0.1) is 0 Å². The molecule has 4 rings (SSSR count). The van der Waals surface area contributed by atoms with Crippen LogP contribution in [0.4, 0.5) is 0 Å². The zero-order valence-corrected chi connectivity index (χ0v) is 15.9. The molecule has 0 aromatic heterocycles. The van der Waals surface area contributed by atoms with Gasteiger partial charge in [0.25, 0.3) is 0 Å². The highest BCUT2D eigenvalue weighted by Crippen LogP contribution is 2.35. The van der Waals surface area contributed by atoms with E-state index in [-0.39, 0.29) is 17.9 Å². The Balaban J connectivity index is 1.53. The molecule has 1 saturated heterocycles. The van der Waals surface area contributed by atoms with Gasteiger partial charge in [0.15, 0.2) is 0 Å². The fourth-order valence-corrected chi connectivity index (χ4v) is 4.54. The molecule has 0 bridgehead atoms. The maximum atomic E-state index is 13.2. The van der Waals surface area contributed by atoms with E-state index < -0.39 is 0 Å². The molecular weight excluding hydrogens is 336 g/mol.